The van der Waals surface area contributed by atoms with Gasteiger partial charge in [0, 0.05) is 25.7 Å². The van der Waals surface area contributed by atoms with Crippen molar-refractivity contribution < 1.29 is 26.4 Å². The van der Waals surface area contributed by atoms with E-state index in [0.717, 1.165) is 15.0 Å². The van der Waals surface area contributed by atoms with Crippen LogP contribution in [-0.4, -0.2) is 54.1 Å². The molecule has 3 aromatic rings. The zero-order valence-corrected chi connectivity index (χ0v) is 19.0. The van der Waals surface area contributed by atoms with Crippen LogP contribution in [0.15, 0.2) is 42.7 Å². The van der Waals surface area contributed by atoms with Crippen LogP contribution in [0.3, 0.4) is 0 Å². The summed E-state index contributed by atoms with van der Waals surface area (Å²) in [6.45, 7) is 2.16. The van der Waals surface area contributed by atoms with Gasteiger partial charge in [-0.25, -0.2) is 22.4 Å². The van der Waals surface area contributed by atoms with E-state index in [9.17, 15) is 22.0 Å². The molecule has 0 unspecified atom stereocenters. The van der Waals surface area contributed by atoms with Gasteiger partial charge < -0.3 is 4.90 Å². The second kappa shape index (κ2) is 7.98. The topological polar surface area (TPSA) is 87.0 Å². The minimum absolute atomic E-state index is 0.000406. The maximum Gasteiger partial charge on any atom is 0.304 e. The molecule has 34 heavy (non-hydrogen) atoms. The number of anilines is 1. The van der Waals surface area contributed by atoms with Crippen molar-refractivity contribution in [3.63, 3.8) is 0 Å². The largest absolute Gasteiger partial charge is 0.357 e. The molecule has 0 aliphatic carbocycles. The van der Waals surface area contributed by atoms with Gasteiger partial charge in [-0.3, -0.25) is 4.79 Å². The molecule has 0 radical (unpaired) electrons. The highest BCUT2D eigenvalue weighted by atomic mass is 32.2. The molecule has 2 aromatic heterocycles. The molecule has 0 spiro atoms. The Balaban J connectivity index is 1.56. The Morgan fingerprint density at radius 2 is 2.00 bits per heavy atom. The van der Waals surface area contributed by atoms with Crippen LogP contribution in [0, 0.1) is 11.6 Å². The smallest absolute Gasteiger partial charge is 0.304 e. The Hall–Kier alpha value is -3.12. The number of nitrogens with one attached hydrogen (secondary N) is 1. The zero-order valence-electron chi connectivity index (χ0n) is 18.2. The van der Waals surface area contributed by atoms with E-state index in [4.69, 9.17) is 0 Å². The SMILES string of the molecule is C[C@@]1(c2cccc(F)c2)C[C@H](F)CN1c1ccn2ncc(C(=O)NS(=O)(=O)N3CCC3)c2c1F. The Morgan fingerprint density at radius 3 is 2.68 bits per heavy atom. The molecule has 2 saturated heterocycles. The third kappa shape index (κ3) is 3.61. The van der Waals surface area contributed by atoms with Crippen molar-refractivity contribution in [1.82, 2.24) is 18.6 Å². The monoisotopic (exact) mass is 493 g/mol. The number of carbonyl (C=O) groups is 1. The number of halogens is 3. The van der Waals surface area contributed by atoms with Gasteiger partial charge >= 0.3 is 10.2 Å². The van der Waals surface area contributed by atoms with Gasteiger partial charge in [0.15, 0.2) is 5.82 Å². The first-order chi connectivity index (χ1) is 16.1. The molecular formula is C22H22F3N5O3S. The number of hydrogen-bond donors (Lipinski definition) is 1. The van der Waals surface area contributed by atoms with E-state index in [-0.39, 0.29) is 29.7 Å². The number of nitrogens with zero attached hydrogens (tertiary/aromatic N) is 4. The number of benzene rings is 1. The second-order valence-corrected chi connectivity index (χ2v) is 10.4. The van der Waals surface area contributed by atoms with Gasteiger partial charge in [0.05, 0.1) is 29.5 Å². The molecule has 0 saturated carbocycles. The van der Waals surface area contributed by atoms with Crippen molar-refractivity contribution >= 4 is 27.3 Å². The molecule has 1 N–H and O–H groups in total. The number of pyridine rings is 1. The highest BCUT2D eigenvalue weighted by Crippen LogP contribution is 2.44. The lowest BCUT2D eigenvalue weighted by Gasteiger charge is -2.37. The second-order valence-electron chi connectivity index (χ2n) is 8.75. The Bertz CT molecular complexity index is 1390. The summed E-state index contributed by atoms with van der Waals surface area (Å²) in [5.74, 6) is -2.37. The molecule has 180 valence electrons. The van der Waals surface area contributed by atoms with Gasteiger partial charge in [-0.1, -0.05) is 12.1 Å². The maximum absolute atomic E-state index is 15.9. The zero-order chi connectivity index (χ0) is 24.3. The summed E-state index contributed by atoms with van der Waals surface area (Å²) < 4.78 is 73.2. The normalized spacial score (nSPS) is 23.3. The number of amides is 1. The van der Waals surface area contributed by atoms with Crippen molar-refractivity contribution in [2.45, 2.75) is 31.5 Å². The Kier molecular flexibility index (Phi) is 5.32. The first kappa shape index (κ1) is 22.7. The highest BCUT2D eigenvalue weighted by Gasteiger charge is 2.45. The van der Waals surface area contributed by atoms with Gasteiger partial charge in [-0.2, -0.15) is 17.8 Å². The molecule has 2 atom stereocenters. The first-order valence-electron chi connectivity index (χ1n) is 10.8. The van der Waals surface area contributed by atoms with Crippen LogP contribution in [0.5, 0.6) is 0 Å². The Labute approximate surface area is 194 Å². The maximum atomic E-state index is 15.9. The molecule has 2 fully saturated rings. The average Bonchev–Trinajstić information content (AvgIpc) is 3.28. The van der Waals surface area contributed by atoms with E-state index in [1.54, 1.807) is 13.0 Å². The lowest BCUT2D eigenvalue weighted by molar-refractivity contribution is 0.0979. The van der Waals surface area contributed by atoms with E-state index in [2.05, 4.69) is 5.10 Å². The minimum atomic E-state index is -4.04. The summed E-state index contributed by atoms with van der Waals surface area (Å²) in [5, 5.41) is 3.96. The fourth-order valence-electron chi connectivity index (χ4n) is 4.64. The first-order valence-corrected chi connectivity index (χ1v) is 12.2. The van der Waals surface area contributed by atoms with Crippen LogP contribution >= 0.6 is 0 Å². The number of rotatable bonds is 5. The van der Waals surface area contributed by atoms with Crippen LogP contribution in [0.2, 0.25) is 0 Å². The summed E-state index contributed by atoms with van der Waals surface area (Å²) in [4.78, 5) is 14.3. The molecule has 2 aliphatic heterocycles. The third-order valence-corrected chi connectivity index (χ3v) is 8.04. The average molecular weight is 494 g/mol. The van der Waals surface area contributed by atoms with Crippen LogP contribution < -0.4 is 9.62 Å². The fourth-order valence-corrected chi connectivity index (χ4v) is 5.85. The molecule has 1 aromatic carbocycles. The quantitative estimate of drug-likeness (QED) is 0.591. The van der Waals surface area contributed by atoms with E-state index in [0.29, 0.717) is 25.1 Å². The predicted octanol–water partition coefficient (Wildman–Crippen LogP) is 2.76. The molecule has 4 heterocycles. The van der Waals surface area contributed by atoms with Gasteiger partial charge in [-0.05, 0) is 37.1 Å². The van der Waals surface area contributed by atoms with Gasteiger partial charge in [0.25, 0.3) is 5.91 Å². The van der Waals surface area contributed by atoms with Crippen molar-refractivity contribution in [2.75, 3.05) is 24.5 Å². The lowest BCUT2D eigenvalue weighted by Crippen LogP contribution is -2.49. The number of hydrogen-bond acceptors (Lipinski definition) is 5. The molecule has 2 aliphatic rings. The molecule has 5 rings (SSSR count). The van der Waals surface area contributed by atoms with Crippen molar-refractivity contribution in [1.29, 1.82) is 0 Å². The minimum Gasteiger partial charge on any atom is -0.357 e. The number of aromatic nitrogens is 2. The van der Waals surface area contributed by atoms with Crippen LogP contribution in [0.4, 0.5) is 18.9 Å². The van der Waals surface area contributed by atoms with Gasteiger partial charge in [0.2, 0.25) is 0 Å². The lowest BCUT2D eigenvalue weighted by atomic mass is 9.88. The van der Waals surface area contributed by atoms with Gasteiger partial charge in [-0.15, -0.1) is 0 Å². The van der Waals surface area contributed by atoms with Crippen molar-refractivity contribution in [3.05, 3.63) is 65.5 Å². The van der Waals surface area contributed by atoms with E-state index in [1.807, 2.05) is 4.72 Å². The highest BCUT2D eigenvalue weighted by molar-refractivity contribution is 7.87. The third-order valence-electron chi connectivity index (χ3n) is 6.56. The summed E-state index contributed by atoms with van der Waals surface area (Å²) in [6, 6.07) is 7.14. The van der Waals surface area contributed by atoms with Crippen molar-refractivity contribution in [3.8, 4) is 0 Å². The molecule has 1 amide bonds. The van der Waals surface area contributed by atoms with E-state index >= 15 is 4.39 Å². The summed E-state index contributed by atoms with van der Waals surface area (Å²) in [6.07, 6.45) is 1.91. The van der Waals surface area contributed by atoms with E-state index < -0.39 is 39.5 Å². The summed E-state index contributed by atoms with van der Waals surface area (Å²) in [7, 11) is -4.04. The van der Waals surface area contributed by atoms with Gasteiger partial charge in [0.1, 0.15) is 17.5 Å². The number of carbonyl (C=O) groups excluding carboxylic acids is 1. The molecule has 12 heteroatoms. The number of alkyl halides is 1. The van der Waals surface area contributed by atoms with Crippen LogP contribution in [0.25, 0.3) is 5.52 Å². The molecule has 0 bridgehead atoms. The Morgan fingerprint density at radius 1 is 1.24 bits per heavy atom. The predicted molar refractivity (Wildman–Crippen MR) is 118 cm³/mol. The van der Waals surface area contributed by atoms with Crippen LogP contribution in [-0.2, 0) is 15.7 Å². The fraction of sp³-hybridized carbons (Fsp3) is 0.364. The number of fused-ring (bicyclic) bond motifs is 1. The standard InChI is InChI=1S/C22H22F3N5O3S/c1-22(14-4-2-5-15(23)10-14)11-16(24)13-29(22)18-6-9-30-20(19(18)25)17(12-26-30)21(31)27-34(32,33)28-7-3-8-28/h2,4-6,9-10,12,16H,3,7-8,11,13H2,1H3,(H,27,31)/t16-,22-/m0/s1. The molecular weight excluding hydrogens is 471 g/mol. The summed E-state index contributed by atoms with van der Waals surface area (Å²) >= 11 is 0. The van der Waals surface area contributed by atoms with Crippen molar-refractivity contribution in [2.24, 2.45) is 0 Å². The summed E-state index contributed by atoms with van der Waals surface area (Å²) in [5.41, 5.74) is -1.08. The molecule has 8 nitrogen and oxygen atoms in total. The van der Waals surface area contributed by atoms with E-state index in [1.165, 1.54) is 35.4 Å². The van der Waals surface area contributed by atoms with Crippen LogP contribution in [0.1, 0.15) is 35.7 Å².